The zero-order valence-electron chi connectivity index (χ0n) is 13.5. The minimum atomic E-state index is 0.0387. The summed E-state index contributed by atoms with van der Waals surface area (Å²) < 4.78 is 0. The Kier molecular flexibility index (Phi) is 5.31. The lowest BCUT2D eigenvalue weighted by Crippen LogP contribution is -2.46. The molecule has 0 saturated carbocycles. The molecule has 2 aromatic rings. The molecule has 0 bridgehead atoms. The van der Waals surface area contributed by atoms with Crippen molar-refractivity contribution in [1.82, 2.24) is 4.90 Å². The molecule has 1 aromatic carbocycles. The number of hydrogen-bond donors (Lipinski definition) is 1. The van der Waals surface area contributed by atoms with E-state index in [-0.39, 0.29) is 5.91 Å². The topological polar surface area (TPSA) is 35.6 Å². The van der Waals surface area contributed by atoms with E-state index < -0.39 is 0 Å². The van der Waals surface area contributed by atoms with Crippen LogP contribution in [0.2, 0.25) is 0 Å². The summed E-state index contributed by atoms with van der Waals surface area (Å²) in [7, 11) is 0. The smallest absolute Gasteiger partial charge is 0.229 e. The number of likely N-dealkylation sites (N-methyl/N-ethyl adjacent to an activating group) is 1. The lowest BCUT2D eigenvalue weighted by molar-refractivity contribution is -0.115. The molecule has 1 saturated heterocycles. The van der Waals surface area contributed by atoms with Crippen molar-refractivity contribution < 1.29 is 4.79 Å². The lowest BCUT2D eigenvalue weighted by atomic mass is 10.2. The standard InChI is InChI=1S/C18H23N3OS/c1-2-20-9-11-21(12-10-20)16-7-5-15(6-8-16)19-18(22)14-17-4-3-13-23-17/h3-8,13H,2,9-12,14H2,1H3,(H,19,22). The van der Waals surface area contributed by atoms with Crippen LogP contribution in [0, 0.1) is 0 Å². The van der Waals surface area contributed by atoms with Gasteiger partial charge in [-0.2, -0.15) is 0 Å². The van der Waals surface area contributed by atoms with Gasteiger partial charge in [0.05, 0.1) is 6.42 Å². The van der Waals surface area contributed by atoms with Crippen LogP contribution in [-0.2, 0) is 11.2 Å². The number of benzene rings is 1. The molecule has 122 valence electrons. The number of hydrogen-bond acceptors (Lipinski definition) is 4. The number of carbonyl (C=O) groups excluding carboxylic acids is 1. The van der Waals surface area contributed by atoms with E-state index in [1.165, 1.54) is 5.69 Å². The fourth-order valence-electron chi connectivity index (χ4n) is 2.85. The molecule has 0 spiro atoms. The van der Waals surface area contributed by atoms with Gasteiger partial charge in [0.1, 0.15) is 0 Å². The van der Waals surface area contributed by atoms with E-state index in [1.54, 1.807) is 11.3 Å². The number of rotatable bonds is 5. The number of nitrogens with one attached hydrogen (secondary N) is 1. The molecule has 1 N–H and O–H groups in total. The Morgan fingerprint density at radius 3 is 2.48 bits per heavy atom. The summed E-state index contributed by atoms with van der Waals surface area (Å²) in [6.45, 7) is 7.72. The molecule has 1 amide bonds. The number of amides is 1. The van der Waals surface area contributed by atoms with E-state index >= 15 is 0 Å². The van der Waals surface area contributed by atoms with E-state index in [0.717, 1.165) is 43.3 Å². The Labute approximate surface area is 141 Å². The maximum atomic E-state index is 12.0. The summed E-state index contributed by atoms with van der Waals surface area (Å²) in [6.07, 6.45) is 0.443. The summed E-state index contributed by atoms with van der Waals surface area (Å²) in [4.78, 5) is 18.0. The Morgan fingerprint density at radius 1 is 1.13 bits per heavy atom. The molecule has 0 radical (unpaired) electrons. The molecule has 1 aliphatic heterocycles. The molecule has 0 atom stereocenters. The highest BCUT2D eigenvalue weighted by Crippen LogP contribution is 2.20. The third kappa shape index (κ3) is 4.33. The van der Waals surface area contributed by atoms with E-state index in [0.29, 0.717) is 6.42 Å². The van der Waals surface area contributed by atoms with Crippen molar-refractivity contribution in [3.8, 4) is 0 Å². The Bertz CT molecular complexity index is 616. The third-order valence-corrected chi connectivity index (χ3v) is 5.13. The van der Waals surface area contributed by atoms with Gasteiger partial charge in [0.2, 0.25) is 5.91 Å². The van der Waals surface area contributed by atoms with Gasteiger partial charge in [-0.3, -0.25) is 4.79 Å². The molecule has 2 heterocycles. The maximum Gasteiger partial charge on any atom is 0.229 e. The summed E-state index contributed by atoms with van der Waals surface area (Å²) in [5, 5.41) is 4.96. The molecule has 3 rings (SSSR count). The normalized spacial score (nSPS) is 15.6. The van der Waals surface area contributed by atoms with Gasteiger partial charge < -0.3 is 15.1 Å². The van der Waals surface area contributed by atoms with Gasteiger partial charge in [-0.1, -0.05) is 13.0 Å². The fourth-order valence-corrected chi connectivity index (χ4v) is 3.56. The van der Waals surface area contributed by atoms with Crippen LogP contribution in [0.3, 0.4) is 0 Å². The molecule has 1 aromatic heterocycles. The largest absolute Gasteiger partial charge is 0.369 e. The van der Waals surface area contributed by atoms with Crippen LogP contribution >= 0.6 is 11.3 Å². The van der Waals surface area contributed by atoms with Gasteiger partial charge in [-0.15, -0.1) is 11.3 Å². The molecule has 1 fully saturated rings. The number of thiophene rings is 1. The number of piperazine rings is 1. The minimum Gasteiger partial charge on any atom is -0.369 e. The van der Waals surface area contributed by atoms with Crippen LogP contribution in [0.15, 0.2) is 41.8 Å². The minimum absolute atomic E-state index is 0.0387. The summed E-state index contributed by atoms with van der Waals surface area (Å²) in [5.74, 6) is 0.0387. The highest BCUT2D eigenvalue weighted by atomic mass is 32.1. The van der Waals surface area contributed by atoms with Crippen LogP contribution in [0.25, 0.3) is 0 Å². The zero-order valence-corrected chi connectivity index (χ0v) is 14.3. The quantitative estimate of drug-likeness (QED) is 0.916. The van der Waals surface area contributed by atoms with Crippen LogP contribution in [0.5, 0.6) is 0 Å². The van der Waals surface area contributed by atoms with Crippen LogP contribution < -0.4 is 10.2 Å². The molecule has 4 nitrogen and oxygen atoms in total. The van der Waals surface area contributed by atoms with Crippen molar-refractivity contribution in [2.75, 3.05) is 42.9 Å². The van der Waals surface area contributed by atoms with Gasteiger partial charge in [0.25, 0.3) is 0 Å². The third-order valence-electron chi connectivity index (χ3n) is 4.25. The van der Waals surface area contributed by atoms with Crippen LogP contribution in [-0.4, -0.2) is 43.5 Å². The molecular weight excluding hydrogens is 306 g/mol. The molecule has 5 heteroatoms. The Hall–Kier alpha value is -1.85. The highest BCUT2D eigenvalue weighted by Gasteiger charge is 2.15. The first-order chi connectivity index (χ1) is 11.2. The summed E-state index contributed by atoms with van der Waals surface area (Å²) in [5.41, 5.74) is 2.10. The van der Waals surface area contributed by atoms with Gasteiger partial charge in [0, 0.05) is 42.4 Å². The SMILES string of the molecule is CCN1CCN(c2ccc(NC(=O)Cc3cccs3)cc2)CC1. The van der Waals surface area contributed by atoms with E-state index in [2.05, 4.69) is 34.2 Å². The predicted molar refractivity (Wildman–Crippen MR) is 97.4 cm³/mol. The van der Waals surface area contributed by atoms with Crippen molar-refractivity contribution in [3.63, 3.8) is 0 Å². The second kappa shape index (κ2) is 7.62. The van der Waals surface area contributed by atoms with Gasteiger partial charge >= 0.3 is 0 Å². The monoisotopic (exact) mass is 329 g/mol. The van der Waals surface area contributed by atoms with Crippen molar-refractivity contribution in [2.24, 2.45) is 0 Å². The number of carbonyl (C=O) groups is 1. The number of nitrogens with zero attached hydrogens (tertiary/aromatic N) is 2. The van der Waals surface area contributed by atoms with Crippen molar-refractivity contribution in [2.45, 2.75) is 13.3 Å². The first-order valence-corrected chi connectivity index (χ1v) is 9.02. The highest BCUT2D eigenvalue weighted by molar-refractivity contribution is 7.10. The Balaban J connectivity index is 1.54. The second-order valence-electron chi connectivity index (χ2n) is 5.77. The second-order valence-corrected chi connectivity index (χ2v) is 6.80. The van der Waals surface area contributed by atoms with E-state index in [9.17, 15) is 4.79 Å². The van der Waals surface area contributed by atoms with E-state index in [1.807, 2.05) is 29.6 Å². The lowest BCUT2D eigenvalue weighted by Gasteiger charge is -2.35. The molecule has 1 aliphatic rings. The molecular formula is C18H23N3OS. The van der Waals surface area contributed by atoms with Gasteiger partial charge in [0.15, 0.2) is 0 Å². The van der Waals surface area contributed by atoms with Crippen molar-refractivity contribution in [1.29, 1.82) is 0 Å². The summed E-state index contributed by atoms with van der Waals surface area (Å²) in [6, 6.07) is 12.1. The average molecular weight is 329 g/mol. The average Bonchev–Trinajstić information content (AvgIpc) is 3.08. The van der Waals surface area contributed by atoms with Gasteiger partial charge in [-0.05, 0) is 42.3 Å². The summed E-state index contributed by atoms with van der Waals surface area (Å²) >= 11 is 1.61. The van der Waals surface area contributed by atoms with E-state index in [4.69, 9.17) is 0 Å². The fraction of sp³-hybridized carbons (Fsp3) is 0.389. The van der Waals surface area contributed by atoms with Gasteiger partial charge in [-0.25, -0.2) is 0 Å². The first kappa shape index (κ1) is 16.0. The van der Waals surface area contributed by atoms with Crippen molar-refractivity contribution in [3.05, 3.63) is 46.7 Å². The van der Waals surface area contributed by atoms with Crippen molar-refractivity contribution >= 4 is 28.6 Å². The molecule has 0 unspecified atom stereocenters. The Morgan fingerprint density at radius 2 is 1.87 bits per heavy atom. The zero-order chi connectivity index (χ0) is 16.1. The van der Waals surface area contributed by atoms with Crippen LogP contribution in [0.1, 0.15) is 11.8 Å². The maximum absolute atomic E-state index is 12.0. The molecule has 0 aliphatic carbocycles. The first-order valence-electron chi connectivity index (χ1n) is 8.14. The van der Waals surface area contributed by atoms with Crippen LogP contribution in [0.4, 0.5) is 11.4 Å². The predicted octanol–water partition coefficient (Wildman–Crippen LogP) is 3.07. The molecule has 23 heavy (non-hydrogen) atoms. The number of anilines is 2.